The van der Waals surface area contributed by atoms with Gasteiger partial charge in [-0.1, -0.05) is 0 Å². The number of anilines is 2. The molecule has 0 amide bonds. The van der Waals surface area contributed by atoms with E-state index in [1.165, 1.54) is 5.69 Å². The van der Waals surface area contributed by atoms with Gasteiger partial charge in [-0.2, -0.15) is 0 Å². The molecule has 1 aliphatic heterocycles. The van der Waals surface area contributed by atoms with Crippen molar-refractivity contribution in [2.45, 2.75) is 6.54 Å². The summed E-state index contributed by atoms with van der Waals surface area (Å²) in [5, 5.41) is 3.30. The van der Waals surface area contributed by atoms with Crippen LogP contribution in [-0.4, -0.2) is 9.55 Å². The molecule has 4 nitrogen and oxygen atoms in total. The van der Waals surface area contributed by atoms with E-state index in [0.29, 0.717) is 0 Å². The number of nitrogens with two attached hydrogens (primary N) is 1. The lowest BCUT2D eigenvalue weighted by atomic mass is 10.2. The van der Waals surface area contributed by atoms with Crippen molar-refractivity contribution >= 4 is 11.4 Å². The Balaban J connectivity index is 2.26. The van der Waals surface area contributed by atoms with Crippen LogP contribution in [-0.2, 0) is 6.54 Å². The molecular weight excluding hydrogens is 176 g/mol. The van der Waals surface area contributed by atoms with Crippen LogP contribution in [0, 0.1) is 0 Å². The monoisotopic (exact) mass is 186 g/mol. The second-order valence-electron chi connectivity index (χ2n) is 3.39. The molecular formula is C10H10N4. The second-order valence-corrected chi connectivity index (χ2v) is 3.39. The van der Waals surface area contributed by atoms with E-state index in [1.54, 1.807) is 0 Å². The minimum Gasteiger partial charge on any atom is -0.399 e. The predicted molar refractivity (Wildman–Crippen MR) is 55.3 cm³/mol. The third-order valence-corrected chi connectivity index (χ3v) is 2.46. The first-order chi connectivity index (χ1) is 6.84. The van der Waals surface area contributed by atoms with Crippen LogP contribution in [0.3, 0.4) is 0 Å². The Labute approximate surface area is 81.4 Å². The smallest absolute Gasteiger partial charge is 0.0995 e. The van der Waals surface area contributed by atoms with Crippen molar-refractivity contribution < 1.29 is 0 Å². The Morgan fingerprint density at radius 1 is 1.43 bits per heavy atom. The van der Waals surface area contributed by atoms with Crippen molar-refractivity contribution in [2.24, 2.45) is 0 Å². The van der Waals surface area contributed by atoms with E-state index in [-0.39, 0.29) is 0 Å². The van der Waals surface area contributed by atoms with Crippen molar-refractivity contribution in [3.63, 3.8) is 0 Å². The maximum Gasteiger partial charge on any atom is 0.0995 e. The zero-order valence-corrected chi connectivity index (χ0v) is 7.57. The number of hydrogen-bond acceptors (Lipinski definition) is 3. The minimum atomic E-state index is 0.778. The molecule has 2 heterocycles. The zero-order chi connectivity index (χ0) is 9.54. The SMILES string of the molecule is Nc1ccc2c(c1)NCc1cncn1-2. The highest BCUT2D eigenvalue weighted by atomic mass is 15.1. The minimum absolute atomic E-state index is 0.778. The van der Waals surface area contributed by atoms with Crippen LogP contribution < -0.4 is 11.1 Å². The largest absolute Gasteiger partial charge is 0.399 e. The number of aromatic nitrogens is 2. The van der Waals surface area contributed by atoms with Crippen molar-refractivity contribution in [3.05, 3.63) is 36.4 Å². The first-order valence-corrected chi connectivity index (χ1v) is 4.49. The van der Waals surface area contributed by atoms with Gasteiger partial charge in [-0.15, -0.1) is 0 Å². The Bertz CT molecular complexity index is 487. The summed E-state index contributed by atoms with van der Waals surface area (Å²) in [4.78, 5) is 4.12. The van der Waals surface area contributed by atoms with Gasteiger partial charge in [-0.25, -0.2) is 4.98 Å². The van der Waals surface area contributed by atoms with Gasteiger partial charge >= 0.3 is 0 Å². The van der Waals surface area contributed by atoms with Crippen LogP contribution in [0.1, 0.15) is 5.69 Å². The van der Waals surface area contributed by atoms with Gasteiger partial charge in [0.2, 0.25) is 0 Å². The molecule has 2 aromatic rings. The Morgan fingerprint density at radius 2 is 2.36 bits per heavy atom. The van der Waals surface area contributed by atoms with Crippen LogP contribution in [0.5, 0.6) is 0 Å². The molecule has 0 spiro atoms. The first kappa shape index (κ1) is 7.44. The summed E-state index contributed by atoms with van der Waals surface area (Å²) >= 11 is 0. The number of rotatable bonds is 0. The quantitative estimate of drug-likeness (QED) is 0.611. The van der Waals surface area contributed by atoms with Gasteiger partial charge in [0, 0.05) is 5.69 Å². The number of hydrogen-bond donors (Lipinski definition) is 2. The van der Waals surface area contributed by atoms with Crippen LogP contribution in [0.4, 0.5) is 11.4 Å². The van der Waals surface area contributed by atoms with Gasteiger partial charge in [-0.3, -0.25) is 4.57 Å². The number of nitrogens with one attached hydrogen (secondary N) is 1. The molecule has 0 atom stereocenters. The fourth-order valence-electron chi connectivity index (χ4n) is 1.76. The molecule has 1 aromatic carbocycles. The fourth-order valence-corrected chi connectivity index (χ4v) is 1.76. The maximum absolute atomic E-state index is 5.71. The summed E-state index contributed by atoms with van der Waals surface area (Å²) in [5.41, 5.74) is 9.83. The molecule has 0 saturated carbocycles. The Morgan fingerprint density at radius 3 is 3.29 bits per heavy atom. The topological polar surface area (TPSA) is 55.9 Å². The maximum atomic E-state index is 5.71. The molecule has 0 radical (unpaired) electrons. The van der Waals surface area contributed by atoms with Gasteiger partial charge in [0.1, 0.15) is 0 Å². The van der Waals surface area contributed by atoms with E-state index < -0.39 is 0 Å². The molecule has 0 aliphatic carbocycles. The highest BCUT2D eigenvalue weighted by Crippen LogP contribution is 2.28. The molecule has 4 heteroatoms. The first-order valence-electron chi connectivity index (χ1n) is 4.49. The van der Waals surface area contributed by atoms with Crippen LogP contribution in [0.25, 0.3) is 5.69 Å². The number of nitrogens with zero attached hydrogens (tertiary/aromatic N) is 2. The Hall–Kier alpha value is -1.97. The molecule has 0 bridgehead atoms. The summed E-state index contributed by atoms with van der Waals surface area (Å²) in [7, 11) is 0. The summed E-state index contributed by atoms with van der Waals surface area (Å²) in [6, 6.07) is 5.84. The van der Waals surface area contributed by atoms with Gasteiger partial charge in [0.25, 0.3) is 0 Å². The number of imidazole rings is 1. The lowest BCUT2D eigenvalue weighted by Gasteiger charge is -2.20. The molecule has 14 heavy (non-hydrogen) atoms. The van der Waals surface area contributed by atoms with E-state index in [1.807, 2.05) is 30.7 Å². The summed E-state index contributed by atoms with van der Waals surface area (Å²) in [6.07, 6.45) is 3.69. The average molecular weight is 186 g/mol. The van der Waals surface area contributed by atoms with Crippen molar-refractivity contribution in [3.8, 4) is 5.69 Å². The lowest BCUT2D eigenvalue weighted by molar-refractivity contribution is 0.906. The van der Waals surface area contributed by atoms with E-state index in [2.05, 4.69) is 14.9 Å². The van der Waals surface area contributed by atoms with Crippen LogP contribution in [0.2, 0.25) is 0 Å². The van der Waals surface area contributed by atoms with Crippen molar-refractivity contribution in [1.82, 2.24) is 9.55 Å². The molecule has 0 saturated heterocycles. The normalized spacial score (nSPS) is 12.9. The molecule has 1 aromatic heterocycles. The van der Waals surface area contributed by atoms with E-state index >= 15 is 0 Å². The molecule has 1 aliphatic rings. The lowest BCUT2D eigenvalue weighted by Crippen LogP contribution is -2.14. The summed E-state index contributed by atoms with van der Waals surface area (Å²) in [6.45, 7) is 0.802. The van der Waals surface area contributed by atoms with E-state index in [0.717, 1.165) is 23.6 Å². The highest BCUT2D eigenvalue weighted by molar-refractivity contribution is 5.68. The number of nitrogen functional groups attached to an aromatic ring is 1. The third-order valence-electron chi connectivity index (χ3n) is 2.46. The van der Waals surface area contributed by atoms with Gasteiger partial charge < -0.3 is 11.1 Å². The summed E-state index contributed by atoms with van der Waals surface area (Å²) < 4.78 is 2.07. The highest BCUT2D eigenvalue weighted by Gasteiger charge is 2.14. The predicted octanol–water partition coefficient (Wildman–Crippen LogP) is 1.38. The molecule has 0 fully saturated rings. The molecule has 0 unspecified atom stereocenters. The van der Waals surface area contributed by atoms with Gasteiger partial charge in [-0.05, 0) is 18.2 Å². The standard InChI is InChI=1S/C10H10N4/c11-7-1-2-10-9(3-7)13-5-8-4-12-6-14(8)10/h1-4,6,13H,5,11H2. The average Bonchev–Trinajstić information content (AvgIpc) is 2.65. The van der Waals surface area contributed by atoms with Gasteiger partial charge in [0.15, 0.2) is 0 Å². The second kappa shape index (κ2) is 2.51. The van der Waals surface area contributed by atoms with Crippen molar-refractivity contribution in [1.29, 1.82) is 0 Å². The van der Waals surface area contributed by atoms with Gasteiger partial charge in [0.05, 0.1) is 36.1 Å². The van der Waals surface area contributed by atoms with E-state index in [4.69, 9.17) is 5.73 Å². The van der Waals surface area contributed by atoms with Crippen molar-refractivity contribution in [2.75, 3.05) is 11.1 Å². The molecule has 3 rings (SSSR count). The number of fused-ring (bicyclic) bond motifs is 3. The van der Waals surface area contributed by atoms with E-state index in [9.17, 15) is 0 Å². The zero-order valence-electron chi connectivity index (χ0n) is 7.57. The number of benzene rings is 1. The third kappa shape index (κ3) is 0.907. The molecule has 3 N–H and O–H groups in total. The fraction of sp³-hybridized carbons (Fsp3) is 0.100. The molecule has 70 valence electrons. The Kier molecular flexibility index (Phi) is 1.33. The summed E-state index contributed by atoms with van der Waals surface area (Å²) in [5.74, 6) is 0. The van der Waals surface area contributed by atoms with Crippen LogP contribution >= 0.6 is 0 Å². The van der Waals surface area contributed by atoms with Crippen LogP contribution in [0.15, 0.2) is 30.7 Å².